The largest absolute Gasteiger partial charge is 0.366 e. The van der Waals surface area contributed by atoms with Crippen LogP contribution in [0.4, 0.5) is 5.69 Å². The molecule has 0 saturated heterocycles. The molecule has 5 nitrogen and oxygen atoms in total. The van der Waals surface area contributed by atoms with Gasteiger partial charge in [0, 0.05) is 30.1 Å². The van der Waals surface area contributed by atoms with E-state index in [1.54, 1.807) is 24.5 Å². The maximum atomic E-state index is 10.5. The number of nitro benzene ring substituents is 1. The lowest BCUT2D eigenvalue weighted by Gasteiger charge is -1.98. The van der Waals surface area contributed by atoms with Gasteiger partial charge in [0.25, 0.3) is 5.69 Å². The van der Waals surface area contributed by atoms with Crippen LogP contribution in [0.5, 0.6) is 0 Å². The summed E-state index contributed by atoms with van der Waals surface area (Å²) in [6.45, 7) is 0. The molecule has 5 heteroatoms. The molecule has 1 aromatic heterocycles. The van der Waals surface area contributed by atoms with Gasteiger partial charge in [0.15, 0.2) is 0 Å². The second kappa shape index (κ2) is 3.87. The molecule has 2 aromatic rings. The normalized spacial score (nSPS) is 9.69. The SMILES string of the molecule is N#Cc1c[nH]cc1-c1ccc([N+](=O)[O-])cc1. The fourth-order valence-corrected chi connectivity index (χ4v) is 1.46. The summed E-state index contributed by atoms with van der Waals surface area (Å²) in [5.41, 5.74) is 2.09. The molecule has 0 amide bonds. The quantitative estimate of drug-likeness (QED) is 0.614. The summed E-state index contributed by atoms with van der Waals surface area (Å²) < 4.78 is 0. The Bertz CT molecular complexity index is 564. The van der Waals surface area contributed by atoms with Crippen molar-refractivity contribution in [2.45, 2.75) is 0 Å². The summed E-state index contributed by atoms with van der Waals surface area (Å²) in [6, 6.07) is 8.14. The zero-order chi connectivity index (χ0) is 11.5. The van der Waals surface area contributed by atoms with Gasteiger partial charge in [-0.25, -0.2) is 0 Å². The average molecular weight is 213 g/mol. The molecule has 0 aliphatic rings. The van der Waals surface area contributed by atoms with Gasteiger partial charge in [0.2, 0.25) is 0 Å². The zero-order valence-electron chi connectivity index (χ0n) is 8.18. The Morgan fingerprint density at radius 3 is 2.50 bits per heavy atom. The molecule has 0 aliphatic heterocycles. The predicted molar refractivity (Wildman–Crippen MR) is 57.6 cm³/mol. The van der Waals surface area contributed by atoms with E-state index in [2.05, 4.69) is 4.98 Å². The van der Waals surface area contributed by atoms with E-state index in [0.717, 1.165) is 11.1 Å². The average Bonchev–Trinajstić information content (AvgIpc) is 2.77. The Kier molecular flexibility index (Phi) is 2.40. The smallest absolute Gasteiger partial charge is 0.269 e. The van der Waals surface area contributed by atoms with Crippen LogP contribution in [0.1, 0.15) is 5.56 Å². The predicted octanol–water partition coefficient (Wildman–Crippen LogP) is 2.46. The minimum absolute atomic E-state index is 0.0396. The topological polar surface area (TPSA) is 82.7 Å². The van der Waals surface area contributed by atoms with E-state index in [1.165, 1.54) is 12.1 Å². The van der Waals surface area contributed by atoms with Gasteiger partial charge >= 0.3 is 0 Å². The highest BCUT2D eigenvalue weighted by Gasteiger charge is 2.08. The molecule has 0 radical (unpaired) electrons. The summed E-state index contributed by atoms with van der Waals surface area (Å²) in [6.07, 6.45) is 3.29. The number of nitrogens with zero attached hydrogens (tertiary/aromatic N) is 2. The van der Waals surface area contributed by atoms with Crippen LogP contribution in [0.25, 0.3) is 11.1 Å². The van der Waals surface area contributed by atoms with Crippen molar-refractivity contribution in [3.63, 3.8) is 0 Å². The number of rotatable bonds is 2. The first-order valence-electron chi connectivity index (χ1n) is 4.54. The molecule has 1 N–H and O–H groups in total. The van der Waals surface area contributed by atoms with Crippen molar-refractivity contribution < 1.29 is 4.92 Å². The molecule has 0 bridgehead atoms. The van der Waals surface area contributed by atoms with E-state index >= 15 is 0 Å². The van der Waals surface area contributed by atoms with Crippen LogP contribution in [0.15, 0.2) is 36.7 Å². The number of benzene rings is 1. The summed E-state index contributed by atoms with van der Waals surface area (Å²) in [4.78, 5) is 12.8. The Morgan fingerprint density at radius 1 is 1.25 bits per heavy atom. The minimum atomic E-state index is -0.452. The molecule has 0 aliphatic carbocycles. The Balaban J connectivity index is 2.43. The molecular formula is C11H7N3O2. The first kappa shape index (κ1) is 9.93. The fraction of sp³-hybridized carbons (Fsp3) is 0. The van der Waals surface area contributed by atoms with Crippen LogP contribution in [-0.2, 0) is 0 Å². The number of aromatic nitrogens is 1. The van der Waals surface area contributed by atoms with Gasteiger partial charge in [-0.05, 0) is 17.7 Å². The van der Waals surface area contributed by atoms with Gasteiger partial charge in [-0.1, -0.05) is 0 Å². The van der Waals surface area contributed by atoms with Crippen molar-refractivity contribution in [2.24, 2.45) is 0 Å². The third-order valence-corrected chi connectivity index (χ3v) is 2.26. The van der Waals surface area contributed by atoms with Crippen molar-refractivity contribution in [1.82, 2.24) is 4.98 Å². The fourth-order valence-electron chi connectivity index (χ4n) is 1.46. The lowest BCUT2D eigenvalue weighted by molar-refractivity contribution is -0.384. The van der Waals surface area contributed by atoms with E-state index in [0.29, 0.717) is 5.56 Å². The Labute approximate surface area is 91.1 Å². The summed E-state index contributed by atoms with van der Waals surface area (Å²) >= 11 is 0. The van der Waals surface area contributed by atoms with E-state index in [1.807, 2.05) is 6.07 Å². The number of nitriles is 1. The van der Waals surface area contributed by atoms with E-state index in [9.17, 15) is 10.1 Å². The molecule has 0 unspecified atom stereocenters. The first-order chi connectivity index (χ1) is 7.72. The number of hydrogen-bond donors (Lipinski definition) is 1. The second-order valence-electron chi connectivity index (χ2n) is 3.20. The van der Waals surface area contributed by atoms with Gasteiger partial charge in [-0.15, -0.1) is 0 Å². The van der Waals surface area contributed by atoms with Crippen LogP contribution in [-0.4, -0.2) is 9.91 Å². The van der Waals surface area contributed by atoms with Crippen molar-refractivity contribution in [3.8, 4) is 17.2 Å². The van der Waals surface area contributed by atoms with Gasteiger partial charge in [-0.2, -0.15) is 5.26 Å². The van der Waals surface area contributed by atoms with Crippen LogP contribution in [0, 0.1) is 21.4 Å². The molecular weight excluding hydrogens is 206 g/mol. The lowest BCUT2D eigenvalue weighted by Crippen LogP contribution is -1.87. The third-order valence-electron chi connectivity index (χ3n) is 2.26. The highest BCUT2D eigenvalue weighted by molar-refractivity contribution is 5.70. The van der Waals surface area contributed by atoms with Crippen LogP contribution in [0.3, 0.4) is 0 Å². The van der Waals surface area contributed by atoms with Crippen LogP contribution >= 0.6 is 0 Å². The summed E-state index contributed by atoms with van der Waals surface area (Å²) in [7, 11) is 0. The van der Waals surface area contributed by atoms with Crippen LogP contribution < -0.4 is 0 Å². The molecule has 0 fully saturated rings. The number of hydrogen-bond acceptors (Lipinski definition) is 3. The summed E-state index contributed by atoms with van der Waals surface area (Å²) in [5.74, 6) is 0. The maximum absolute atomic E-state index is 10.5. The zero-order valence-corrected chi connectivity index (χ0v) is 8.18. The molecule has 1 aromatic carbocycles. The van der Waals surface area contributed by atoms with Crippen molar-refractivity contribution in [1.29, 1.82) is 5.26 Å². The van der Waals surface area contributed by atoms with Gasteiger partial charge < -0.3 is 4.98 Å². The standard InChI is InChI=1S/C11H7N3O2/c12-5-9-6-13-7-11(9)8-1-3-10(4-2-8)14(15)16/h1-4,6-7,13H. The molecule has 16 heavy (non-hydrogen) atoms. The lowest BCUT2D eigenvalue weighted by atomic mass is 10.1. The van der Waals surface area contributed by atoms with Gasteiger partial charge in [0.1, 0.15) is 6.07 Å². The molecule has 0 spiro atoms. The van der Waals surface area contributed by atoms with Crippen molar-refractivity contribution in [2.75, 3.05) is 0 Å². The highest BCUT2D eigenvalue weighted by atomic mass is 16.6. The monoisotopic (exact) mass is 213 g/mol. The molecule has 78 valence electrons. The number of H-pyrrole nitrogens is 1. The number of nitrogens with one attached hydrogen (secondary N) is 1. The number of non-ortho nitro benzene ring substituents is 1. The third kappa shape index (κ3) is 1.64. The van der Waals surface area contributed by atoms with Crippen molar-refractivity contribution in [3.05, 3.63) is 52.3 Å². The molecule has 0 atom stereocenters. The Morgan fingerprint density at radius 2 is 1.94 bits per heavy atom. The Hall–Kier alpha value is -2.61. The van der Waals surface area contributed by atoms with E-state index in [-0.39, 0.29) is 5.69 Å². The second-order valence-corrected chi connectivity index (χ2v) is 3.20. The minimum Gasteiger partial charge on any atom is -0.366 e. The maximum Gasteiger partial charge on any atom is 0.269 e. The molecule has 2 rings (SSSR count). The number of nitro groups is 1. The first-order valence-corrected chi connectivity index (χ1v) is 4.54. The van der Waals surface area contributed by atoms with E-state index < -0.39 is 4.92 Å². The van der Waals surface area contributed by atoms with Gasteiger partial charge in [-0.3, -0.25) is 10.1 Å². The van der Waals surface area contributed by atoms with Crippen LogP contribution in [0.2, 0.25) is 0 Å². The molecule has 1 heterocycles. The highest BCUT2D eigenvalue weighted by Crippen LogP contribution is 2.24. The van der Waals surface area contributed by atoms with Crippen molar-refractivity contribution >= 4 is 5.69 Å². The number of aromatic amines is 1. The van der Waals surface area contributed by atoms with E-state index in [4.69, 9.17) is 5.26 Å². The molecule has 0 saturated carbocycles. The summed E-state index contributed by atoms with van der Waals surface area (Å²) in [5, 5.41) is 19.3. The van der Waals surface area contributed by atoms with Gasteiger partial charge in [0.05, 0.1) is 10.5 Å².